The van der Waals surface area contributed by atoms with Crippen LogP contribution in [0.25, 0.3) is 0 Å². The first-order valence-corrected chi connectivity index (χ1v) is 8.09. The molecule has 8 nitrogen and oxygen atoms in total. The Labute approximate surface area is 152 Å². The summed E-state index contributed by atoms with van der Waals surface area (Å²) >= 11 is 3.83. The maximum Gasteiger partial charge on any atom is 0.277 e. The average Bonchev–Trinajstić information content (AvgIpc) is 2.70. The summed E-state index contributed by atoms with van der Waals surface area (Å²) in [5.74, 6) is -1.04. The molecule has 0 unspecified atom stereocenters. The van der Waals surface area contributed by atoms with Crippen LogP contribution in [-0.4, -0.2) is 39.9 Å². The van der Waals surface area contributed by atoms with Gasteiger partial charge in [0, 0.05) is 25.3 Å². The molecule has 0 saturated carbocycles. The number of nitrogens with zero attached hydrogens (tertiary/aromatic N) is 2. The van der Waals surface area contributed by atoms with Gasteiger partial charge in [-0.15, -0.1) is 0 Å². The predicted octanol–water partition coefficient (Wildman–Crippen LogP) is 1.46. The number of β-amino-alcohol motifs (C(OH)–C–C–N with tert-alkyl or cyclic N) is 1. The molecule has 0 bridgehead atoms. The Morgan fingerprint density at radius 2 is 1.86 bits per heavy atom. The molecule has 0 aliphatic carbocycles. The van der Waals surface area contributed by atoms with E-state index in [2.05, 4.69) is 5.32 Å². The van der Waals surface area contributed by atoms with Gasteiger partial charge in [0.05, 0.1) is 23.8 Å². The molecule has 0 spiro atoms. The topological polar surface area (TPSA) is 113 Å². The number of amides is 2. The van der Waals surface area contributed by atoms with E-state index in [0.29, 0.717) is 12.8 Å². The van der Waals surface area contributed by atoms with Crippen molar-refractivity contribution in [3.63, 3.8) is 0 Å². The number of nitro benzene ring substituents is 1. The van der Waals surface area contributed by atoms with Gasteiger partial charge in [0.2, 0.25) is 0 Å². The molecule has 1 aromatic carbocycles. The molecule has 2 N–H and O–H groups in total. The number of nitrogens with one attached hydrogen (secondary N) is 1. The number of hydrogen-bond donors (Lipinski definition) is 2. The van der Waals surface area contributed by atoms with Gasteiger partial charge in [-0.05, 0) is 45.2 Å². The van der Waals surface area contributed by atoms with E-state index in [9.17, 15) is 19.7 Å². The van der Waals surface area contributed by atoms with E-state index in [4.69, 9.17) is 5.11 Å². The molecule has 0 atom stereocenters. The second kappa shape index (κ2) is 6.87. The van der Waals surface area contributed by atoms with Crippen LogP contribution in [0.3, 0.4) is 0 Å². The minimum atomic E-state index is -0.538. The Balaban J connectivity index is 2.29. The molecule has 2 rings (SSSR count). The minimum absolute atomic E-state index is 0.0518. The Morgan fingerprint density at radius 3 is 2.36 bits per heavy atom. The zero-order valence-electron chi connectivity index (χ0n) is 10.9. The standard InChI is InChI=1S/C12H9I2N3O5/c13-7-3-6(17(21)22)4-8(14)11(7)15-9-5-10(19)16(1-2-18)12(9)20/h3-5,15,18H,1-2H2. The third-order valence-corrected chi connectivity index (χ3v) is 4.53. The van der Waals surface area contributed by atoms with Crippen LogP contribution >= 0.6 is 45.2 Å². The number of hydrogen-bond acceptors (Lipinski definition) is 6. The van der Waals surface area contributed by atoms with E-state index in [-0.39, 0.29) is 24.5 Å². The highest BCUT2D eigenvalue weighted by atomic mass is 127. The number of carbonyl (C=O) groups is 2. The molecule has 116 valence electrons. The minimum Gasteiger partial charge on any atom is -0.395 e. The first-order chi connectivity index (χ1) is 10.3. The number of non-ortho nitro benzene ring substituents is 1. The number of benzene rings is 1. The summed E-state index contributed by atoms with van der Waals surface area (Å²) in [6.07, 6.45) is 1.14. The van der Waals surface area contributed by atoms with Gasteiger partial charge in [-0.2, -0.15) is 0 Å². The van der Waals surface area contributed by atoms with E-state index < -0.39 is 16.7 Å². The Kier molecular flexibility index (Phi) is 5.33. The lowest BCUT2D eigenvalue weighted by Gasteiger charge is -2.14. The number of anilines is 1. The van der Waals surface area contributed by atoms with Gasteiger partial charge in [-0.25, -0.2) is 0 Å². The first-order valence-electron chi connectivity index (χ1n) is 5.94. The van der Waals surface area contributed by atoms with E-state index in [1.807, 2.05) is 45.2 Å². The van der Waals surface area contributed by atoms with E-state index in [1.165, 1.54) is 12.1 Å². The summed E-state index contributed by atoms with van der Waals surface area (Å²) in [7, 11) is 0. The van der Waals surface area contributed by atoms with Crippen molar-refractivity contribution in [1.29, 1.82) is 0 Å². The summed E-state index contributed by atoms with van der Waals surface area (Å²) in [6.45, 7) is -0.390. The smallest absolute Gasteiger partial charge is 0.277 e. The Hall–Kier alpha value is -1.28. The maximum absolute atomic E-state index is 12.1. The Bertz CT molecular complexity index is 681. The quantitative estimate of drug-likeness (QED) is 0.259. The summed E-state index contributed by atoms with van der Waals surface area (Å²) < 4.78 is 1.11. The highest BCUT2D eigenvalue weighted by Gasteiger charge is 2.31. The second-order valence-corrected chi connectivity index (χ2v) is 6.57. The van der Waals surface area contributed by atoms with E-state index >= 15 is 0 Å². The van der Waals surface area contributed by atoms with Gasteiger partial charge in [-0.1, -0.05) is 0 Å². The number of rotatable bonds is 5. The summed E-state index contributed by atoms with van der Waals surface area (Å²) in [5, 5.41) is 22.5. The van der Waals surface area contributed by atoms with Crippen molar-refractivity contribution in [2.45, 2.75) is 0 Å². The molecule has 1 heterocycles. The van der Waals surface area contributed by atoms with Crippen LogP contribution in [0, 0.1) is 17.3 Å². The lowest BCUT2D eigenvalue weighted by molar-refractivity contribution is -0.385. The molecular weight excluding hydrogens is 520 g/mol. The highest BCUT2D eigenvalue weighted by Crippen LogP contribution is 2.31. The second-order valence-electron chi connectivity index (χ2n) is 4.24. The largest absolute Gasteiger partial charge is 0.395 e. The molecule has 1 aliphatic rings. The zero-order chi connectivity index (χ0) is 16.4. The third kappa shape index (κ3) is 3.38. The monoisotopic (exact) mass is 529 g/mol. The van der Waals surface area contributed by atoms with Crippen molar-refractivity contribution in [1.82, 2.24) is 4.90 Å². The molecule has 1 aliphatic heterocycles. The van der Waals surface area contributed by atoms with Crippen LogP contribution in [0.4, 0.5) is 11.4 Å². The van der Waals surface area contributed by atoms with Crippen LogP contribution in [0.1, 0.15) is 0 Å². The van der Waals surface area contributed by atoms with Crippen molar-refractivity contribution in [2.75, 3.05) is 18.5 Å². The number of halogens is 2. The molecule has 2 amide bonds. The Morgan fingerprint density at radius 1 is 1.27 bits per heavy atom. The lowest BCUT2D eigenvalue weighted by Crippen LogP contribution is -2.34. The van der Waals surface area contributed by atoms with Crippen LogP contribution in [0.15, 0.2) is 23.9 Å². The van der Waals surface area contributed by atoms with Crippen molar-refractivity contribution in [3.05, 3.63) is 41.2 Å². The SMILES string of the molecule is O=C1C=C(Nc2c(I)cc([N+](=O)[O-])cc2I)C(=O)N1CCO. The predicted molar refractivity (Wildman–Crippen MR) is 94.0 cm³/mol. The molecule has 22 heavy (non-hydrogen) atoms. The van der Waals surface area contributed by atoms with Gasteiger partial charge in [-0.3, -0.25) is 24.6 Å². The third-order valence-electron chi connectivity index (χ3n) is 2.83. The number of carbonyl (C=O) groups excluding carboxylic acids is 2. The van der Waals surface area contributed by atoms with Crippen molar-refractivity contribution < 1.29 is 19.6 Å². The van der Waals surface area contributed by atoms with Gasteiger partial charge >= 0.3 is 0 Å². The van der Waals surface area contributed by atoms with Crippen molar-refractivity contribution in [3.8, 4) is 0 Å². The highest BCUT2D eigenvalue weighted by molar-refractivity contribution is 14.1. The van der Waals surface area contributed by atoms with Gasteiger partial charge in [0.1, 0.15) is 5.70 Å². The van der Waals surface area contributed by atoms with Crippen LogP contribution in [-0.2, 0) is 9.59 Å². The van der Waals surface area contributed by atoms with E-state index in [0.717, 1.165) is 11.0 Å². The molecular formula is C12H9I2N3O5. The number of aliphatic hydroxyl groups excluding tert-OH is 1. The summed E-state index contributed by atoms with van der Waals surface area (Å²) in [4.78, 5) is 35.0. The average molecular weight is 529 g/mol. The molecule has 0 saturated heterocycles. The van der Waals surface area contributed by atoms with Crippen LogP contribution in [0.2, 0.25) is 0 Å². The summed E-state index contributed by atoms with van der Waals surface area (Å²) in [6, 6.07) is 2.75. The van der Waals surface area contributed by atoms with Gasteiger partial charge < -0.3 is 10.4 Å². The molecule has 1 aromatic rings. The maximum atomic E-state index is 12.1. The fourth-order valence-electron chi connectivity index (χ4n) is 1.83. The molecule has 0 fully saturated rings. The molecule has 0 radical (unpaired) electrons. The van der Waals surface area contributed by atoms with Crippen LogP contribution < -0.4 is 5.32 Å². The van der Waals surface area contributed by atoms with Crippen LogP contribution in [0.5, 0.6) is 0 Å². The number of nitro groups is 1. The van der Waals surface area contributed by atoms with E-state index in [1.54, 1.807) is 0 Å². The number of aliphatic hydroxyl groups is 1. The molecule has 0 aromatic heterocycles. The fourth-order valence-corrected chi connectivity index (χ4v) is 3.83. The normalized spacial score (nSPS) is 14.3. The van der Waals surface area contributed by atoms with Gasteiger partial charge in [0.15, 0.2) is 0 Å². The number of imide groups is 1. The lowest BCUT2D eigenvalue weighted by atomic mass is 10.2. The zero-order valence-corrected chi connectivity index (χ0v) is 15.2. The first kappa shape index (κ1) is 17.1. The summed E-state index contributed by atoms with van der Waals surface area (Å²) in [5.41, 5.74) is 0.539. The van der Waals surface area contributed by atoms with Crippen molar-refractivity contribution in [2.24, 2.45) is 0 Å². The van der Waals surface area contributed by atoms with Gasteiger partial charge in [0.25, 0.3) is 17.5 Å². The fraction of sp³-hybridized carbons (Fsp3) is 0.167. The van der Waals surface area contributed by atoms with Crippen molar-refractivity contribution >= 4 is 68.4 Å². The molecule has 10 heteroatoms.